The van der Waals surface area contributed by atoms with Gasteiger partial charge in [-0.3, -0.25) is 0 Å². The fraction of sp³-hybridized carbons (Fsp3) is 0.412. The molecule has 0 saturated carbocycles. The molecule has 21 heavy (non-hydrogen) atoms. The van der Waals surface area contributed by atoms with Gasteiger partial charge < -0.3 is 14.5 Å². The highest BCUT2D eigenvalue weighted by molar-refractivity contribution is 6.30. The summed E-state index contributed by atoms with van der Waals surface area (Å²) < 4.78 is 11.5. The highest BCUT2D eigenvalue weighted by Crippen LogP contribution is 2.17. The molecule has 114 valence electrons. The molecule has 0 aliphatic carbocycles. The number of hydrogen-bond acceptors (Lipinski definition) is 3. The van der Waals surface area contributed by atoms with Crippen LogP contribution in [0.1, 0.15) is 36.0 Å². The molecule has 0 saturated heterocycles. The molecule has 1 heterocycles. The van der Waals surface area contributed by atoms with Crippen LogP contribution < -0.4 is 5.32 Å². The minimum absolute atomic E-state index is 0.473. The number of benzene rings is 1. The number of hydrogen-bond donors (Lipinski definition) is 1. The second-order valence-electron chi connectivity index (χ2n) is 5.12. The third-order valence-corrected chi connectivity index (χ3v) is 3.42. The molecule has 0 fully saturated rings. The van der Waals surface area contributed by atoms with E-state index < -0.39 is 0 Å². The lowest BCUT2D eigenvalue weighted by molar-refractivity contribution is 0.0920. The zero-order chi connectivity index (χ0) is 15.1. The van der Waals surface area contributed by atoms with Crippen molar-refractivity contribution in [2.45, 2.75) is 40.0 Å². The van der Waals surface area contributed by atoms with Crippen molar-refractivity contribution in [3.8, 4) is 0 Å². The molecule has 0 aliphatic heterocycles. The van der Waals surface area contributed by atoms with E-state index >= 15 is 0 Å². The van der Waals surface area contributed by atoms with Crippen molar-refractivity contribution in [3.05, 3.63) is 58.0 Å². The Hall–Kier alpha value is -1.29. The number of rotatable bonds is 8. The average molecular weight is 308 g/mol. The first kappa shape index (κ1) is 16.1. The predicted molar refractivity (Wildman–Crippen MR) is 85.4 cm³/mol. The van der Waals surface area contributed by atoms with E-state index in [2.05, 4.69) is 19.2 Å². The van der Waals surface area contributed by atoms with Gasteiger partial charge in [-0.05, 0) is 49.2 Å². The molecule has 3 nitrogen and oxygen atoms in total. The SMILES string of the molecule is CCCNCc1oc(COCc2cccc(Cl)c2)cc1C. The van der Waals surface area contributed by atoms with Crippen LogP contribution in [0.2, 0.25) is 5.02 Å². The Kier molecular flexibility index (Phi) is 6.30. The highest BCUT2D eigenvalue weighted by atomic mass is 35.5. The van der Waals surface area contributed by atoms with Gasteiger partial charge in [0.05, 0.1) is 13.2 Å². The number of aryl methyl sites for hydroxylation is 1. The molecule has 0 spiro atoms. The third-order valence-electron chi connectivity index (χ3n) is 3.19. The molecule has 0 bridgehead atoms. The number of halogens is 1. The molecule has 2 aromatic rings. The Morgan fingerprint density at radius 2 is 2.10 bits per heavy atom. The first-order valence-electron chi connectivity index (χ1n) is 7.30. The van der Waals surface area contributed by atoms with E-state index in [1.807, 2.05) is 30.3 Å². The molecule has 0 unspecified atom stereocenters. The fourth-order valence-corrected chi connectivity index (χ4v) is 2.32. The van der Waals surface area contributed by atoms with Crippen LogP contribution in [0.15, 0.2) is 34.7 Å². The first-order valence-corrected chi connectivity index (χ1v) is 7.68. The van der Waals surface area contributed by atoms with Crippen LogP contribution in [0.5, 0.6) is 0 Å². The minimum atomic E-state index is 0.473. The van der Waals surface area contributed by atoms with Crippen LogP contribution in [0, 0.1) is 6.92 Å². The maximum atomic E-state index is 5.94. The van der Waals surface area contributed by atoms with E-state index in [0.717, 1.165) is 41.6 Å². The molecule has 0 atom stereocenters. The predicted octanol–water partition coefficient (Wildman–Crippen LogP) is 4.46. The van der Waals surface area contributed by atoms with Gasteiger partial charge in [-0.2, -0.15) is 0 Å². The summed E-state index contributed by atoms with van der Waals surface area (Å²) in [5.41, 5.74) is 2.23. The zero-order valence-corrected chi connectivity index (χ0v) is 13.4. The van der Waals surface area contributed by atoms with Gasteiger partial charge in [0.25, 0.3) is 0 Å². The monoisotopic (exact) mass is 307 g/mol. The Morgan fingerprint density at radius 3 is 2.86 bits per heavy atom. The summed E-state index contributed by atoms with van der Waals surface area (Å²) in [4.78, 5) is 0. The van der Waals surface area contributed by atoms with E-state index in [-0.39, 0.29) is 0 Å². The summed E-state index contributed by atoms with van der Waals surface area (Å²) in [6.45, 7) is 6.99. The maximum absolute atomic E-state index is 5.94. The topological polar surface area (TPSA) is 34.4 Å². The van der Waals surface area contributed by atoms with Crippen molar-refractivity contribution in [1.82, 2.24) is 5.32 Å². The summed E-state index contributed by atoms with van der Waals surface area (Å²) in [6, 6.07) is 9.74. The first-order chi connectivity index (χ1) is 10.2. The molecular weight excluding hydrogens is 286 g/mol. The average Bonchev–Trinajstić information content (AvgIpc) is 2.80. The largest absolute Gasteiger partial charge is 0.462 e. The van der Waals surface area contributed by atoms with Gasteiger partial charge in [-0.1, -0.05) is 30.7 Å². The van der Waals surface area contributed by atoms with Gasteiger partial charge >= 0.3 is 0 Å². The van der Waals surface area contributed by atoms with Crippen molar-refractivity contribution < 1.29 is 9.15 Å². The van der Waals surface area contributed by atoms with Crippen molar-refractivity contribution in [2.24, 2.45) is 0 Å². The van der Waals surface area contributed by atoms with Gasteiger partial charge in [0.1, 0.15) is 18.1 Å². The Morgan fingerprint density at radius 1 is 1.24 bits per heavy atom. The molecule has 0 radical (unpaired) electrons. The van der Waals surface area contributed by atoms with Crippen molar-refractivity contribution in [1.29, 1.82) is 0 Å². The van der Waals surface area contributed by atoms with E-state index in [1.165, 1.54) is 5.56 Å². The molecule has 2 rings (SSSR count). The van der Waals surface area contributed by atoms with Gasteiger partial charge in [-0.15, -0.1) is 0 Å². The van der Waals surface area contributed by atoms with Gasteiger partial charge in [0.2, 0.25) is 0 Å². The van der Waals surface area contributed by atoms with E-state index in [1.54, 1.807) is 0 Å². The quantitative estimate of drug-likeness (QED) is 0.731. The second-order valence-corrected chi connectivity index (χ2v) is 5.55. The van der Waals surface area contributed by atoms with Crippen molar-refractivity contribution in [3.63, 3.8) is 0 Å². The van der Waals surface area contributed by atoms with E-state index in [9.17, 15) is 0 Å². The number of nitrogens with one attached hydrogen (secondary N) is 1. The smallest absolute Gasteiger partial charge is 0.130 e. The summed E-state index contributed by atoms with van der Waals surface area (Å²) in [5, 5.41) is 4.08. The molecule has 1 aromatic carbocycles. The molecule has 1 aromatic heterocycles. The molecular formula is C17H22ClNO2. The van der Waals surface area contributed by atoms with Gasteiger partial charge in [0.15, 0.2) is 0 Å². The standard InChI is InChI=1S/C17H22ClNO2/c1-3-7-19-10-17-13(2)8-16(21-17)12-20-11-14-5-4-6-15(18)9-14/h4-6,8-9,19H,3,7,10-12H2,1-2H3. The highest BCUT2D eigenvalue weighted by Gasteiger charge is 2.07. The van der Waals surface area contributed by atoms with Crippen LogP contribution >= 0.6 is 11.6 Å². The number of ether oxygens (including phenoxy) is 1. The molecule has 1 N–H and O–H groups in total. The van der Waals surface area contributed by atoms with E-state index in [0.29, 0.717) is 13.2 Å². The summed E-state index contributed by atoms with van der Waals surface area (Å²) in [7, 11) is 0. The fourth-order valence-electron chi connectivity index (χ4n) is 2.11. The zero-order valence-electron chi connectivity index (χ0n) is 12.6. The van der Waals surface area contributed by atoms with Gasteiger partial charge in [-0.25, -0.2) is 0 Å². The lowest BCUT2D eigenvalue weighted by Crippen LogP contribution is -2.13. The Labute approximate surface area is 131 Å². The van der Waals surface area contributed by atoms with Gasteiger partial charge in [0, 0.05) is 5.02 Å². The van der Waals surface area contributed by atoms with Crippen molar-refractivity contribution in [2.75, 3.05) is 6.54 Å². The molecule has 4 heteroatoms. The van der Waals surface area contributed by atoms with Crippen molar-refractivity contribution >= 4 is 11.6 Å². The molecule has 0 amide bonds. The Bertz CT molecular complexity index is 566. The Balaban J connectivity index is 1.82. The van der Waals surface area contributed by atoms with Crippen LogP contribution in [0.3, 0.4) is 0 Å². The molecule has 0 aliphatic rings. The second kappa shape index (κ2) is 8.23. The summed E-state index contributed by atoms with van der Waals surface area (Å²) in [5.74, 6) is 1.85. The van der Waals surface area contributed by atoms with Crippen LogP contribution in [-0.2, 0) is 24.5 Å². The van der Waals surface area contributed by atoms with Crippen LogP contribution in [0.25, 0.3) is 0 Å². The number of furan rings is 1. The van der Waals surface area contributed by atoms with Crippen LogP contribution in [0.4, 0.5) is 0 Å². The lowest BCUT2D eigenvalue weighted by atomic mass is 10.2. The third kappa shape index (κ3) is 5.20. The maximum Gasteiger partial charge on any atom is 0.130 e. The van der Waals surface area contributed by atoms with Crippen LogP contribution in [-0.4, -0.2) is 6.54 Å². The van der Waals surface area contributed by atoms with E-state index in [4.69, 9.17) is 20.8 Å². The normalized spacial score (nSPS) is 11.0. The minimum Gasteiger partial charge on any atom is -0.462 e. The summed E-state index contributed by atoms with van der Waals surface area (Å²) >= 11 is 5.94. The lowest BCUT2D eigenvalue weighted by Gasteiger charge is -2.03. The summed E-state index contributed by atoms with van der Waals surface area (Å²) in [6.07, 6.45) is 1.12.